The number of thioether (sulfide) groups is 2. The summed E-state index contributed by atoms with van der Waals surface area (Å²) in [5.41, 5.74) is 1.81. The third-order valence-electron chi connectivity index (χ3n) is 6.47. The van der Waals surface area contributed by atoms with E-state index < -0.39 is 52.7 Å². The number of β-lactam (4-membered cyclic amide) rings is 1. The number of amides is 2. The van der Waals surface area contributed by atoms with Crippen LogP contribution in [0.5, 0.6) is 0 Å². The molecule has 3 aromatic rings. The summed E-state index contributed by atoms with van der Waals surface area (Å²) in [6.07, 6.45) is 0.908. The van der Waals surface area contributed by atoms with Crippen molar-refractivity contribution in [1.82, 2.24) is 19.8 Å². The van der Waals surface area contributed by atoms with Gasteiger partial charge in [0.15, 0.2) is 6.10 Å². The summed E-state index contributed by atoms with van der Waals surface area (Å²) >= 11 is 9.67. The second-order valence-electron chi connectivity index (χ2n) is 9.12. The van der Waals surface area contributed by atoms with Gasteiger partial charge in [-0.15, -0.1) is 40.2 Å². The lowest BCUT2D eigenvalue weighted by molar-refractivity contribution is -0.154. The summed E-state index contributed by atoms with van der Waals surface area (Å²) in [4.78, 5) is 58.4. The summed E-state index contributed by atoms with van der Waals surface area (Å²) in [5.74, 6) is -2.54. The fraction of sp³-hybridized carbons (Fsp3) is 0.250. The molecular weight excluding hydrogens is 634 g/mol. The number of carbonyl (C=O) groups is 4. The van der Waals surface area contributed by atoms with Crippen LogP contribution in [0.2, 0.25) is 0 Å². The number of nitrogens with one attached hydrogen (secondary N) is 1. The highest BCUT2D eigenvalue weighted by Gasteiger charge is 2.55. The molecule has 5 rings (SSSR count). The minimum Gasteiger partial charge on any atom is -0.448 e. The lowest BCUT2D eigenvalue weighted by atomic mass is 10.0. The first-order chi connectivity index (χ1) is 20.9. The second-order valence-corrected chi connectivity index (χ2v) is 12.6. The molecule has 1 aromatic heterocycles. The summed E-state index contributed by atoms with van der Waals surface area (Å²) in [5, 5.41) is 9.27. The van der Waals surface area contributed by atoms with E-state index in [1.54, 1.807) is 6.20 Å². The van der Waals surface area contributed by atoms with E-state index in [9.17, 15) is 19.2 Å². The van der Waals surface area contributed by atoms with E-state index in [-0.39, 0.29) is 5.70 Å². The molecule has 1 fully saturated rings. The molecule has 2 amide bonds. The predicted octanol–water partition coefficient (Wildman–Crippen LogP) is 3.43. The van der Waals surface area contributed by atoms with Crippen LogP contribution in [0, 0.1) is 0 Å². The van der Waals surface area contributed by atoms with Gasteiger partial charge in [0, 0.05) is 11.5 Å². The molecule has 2 aromatic carbocycles. The number of esters is 1. The third-order valence-corrected chi connectivity index (χ3v) is 9.97. The van der Waals surface area contributed by atoms with E-state index in [4.69, 9.17) is 16.3 Å². The number of nitrogens with zero attached hydrogens (tertiary/aromatic N) is 4. The Morgan fingerprint density at radius 1 is 1.14 bits per heavy atom. The van der Waals surface area contributed by atoms with Crippen molar-refractivity contribution in [2.75, 3.05) is 24.5 Å². The van der Waals surface area contributed by atoms with E-state index in [0.29, 0.717) is 17.1 Å². The van der Waals surface area contributed by atoms with Crippen LogP contribution in [0.1, 0.15) is 17.2 Å². The van der Waals surface area contributed by atoms with E-state index in [1.807, 2.05) is 60.7 Å². The number of ether oxygens (including phenoxy) is 1. The second kappa shape index (κ2) is 14.2. The van der Waals surface area contributed by atoms with Crippen molar-refractivity contribution >= 4 is 75.9 Å². The molecule has 2 aliphatic rings. The number of benzene rings is 2. The van der Waals surface area contributed by atoms with Gasteiger partial charge in [0.2, 0.25) is 11.5 Å². The number of aromatic nitrogens is 2. The van der Waals surface area contributed by atoms with E-state index in [0.717, 1.165) is 15.3 Å². The van der Waals surface area contributed by atoms with Crippen molar-refractivity contribution < 1.29 is 28.8 Å². The maximum atomic E-state index is 14.0. The van der Waals surface area contributed by atoms with Crippen molar-refractivity contribution in [3.8, 4) is 0 Å². The van der Waals surface area contributed by atoms with Gasteiger partial charge in [-0.3, -0.25) is 19.3 Å². The normalized spacial score (nSPS) is 18.2. The van der Waals surface area contributed by atoms with Crippen molar-refractivity contribution in [2.24, 2.45) is 5.16 Å². The predicted molar refractivity (Wildman–Crippen MR) is 164 cm³/mol. The molecule has 0 aliphatic carbocycles. The zero-order valence-corrected chi connectivity index (χ0v) is 25.8. The average molecular weight is 658 g/mol. The summed E-state index contributed by atoms with van der Waals surface area (Å²) in [6.45, 7) is 0. The number of halogens is 1. The number of Topliss-reactive ketones (excluding diaryl/α,β-unsaturated/α-hetero) is 1. The standard InChI is InChI=1S/C28H24ClN5O6S3/c1-39-32-21(19(35)12-29)25(36)31-22-26(37)34-23(18(15-42-27(22)34)14-41-20-13-30-33-43-20)28(38)40-24(16-8-4-2-5-9-16)17-10-6-3-7-11-17/h2-11,13,22,24,27H,12,14-15H2,1H3,(H,31,36)/b32-21+/t22-,27-/m1/s1. The lowest BCUT2D eigenvalue weighted by Gasteiger charge is -2.49. The van der Waals surface area contributed by atoms with Gasteiger partial charge in [-0.25, -0.2) is 4.79 Å². The molecule has 43 heavy (non-hydrogen) atoms. The van der Waals surface area contributed by atoms with Crippen molar-refractivity contribution in [3.63, 3.8) is 0 Å². The molecular formula is C28H24ClN5O6S3. The zero-order chi connectivity index (χ0) is 30.3. The topological polar surface area (TPSA) is 140 Å². The first kappa shape index (κ1) is 30.7. The van der Waals surface area contributed by atoms with Crippen LogP contribution < -0.4 is 5.32 Å². The molecule has 2 aliphatic heterocycles. The largest absolute Gasteiger partial charge is 0.448 e. The number of oxime groups is 1. The van der Waals surface area contributed by atoms with E-state index >= 15 is 0 Å². The Morgan fingerprint density at radius 2 is 1.81 bits per heavy atom. The molecule has 0 unspecified atom stereocenters. The Hall–Kier alpha value is -3.72. The first-order valence-corrected chi connectivity index (χ1v) is 16.2. The fourth-order valence-corrected chi connectivity index (χ4v) is 7.53. The van der Waals surface area contributed by atoms with Gasteiger partial charge in [-0.2, -0.15) is 0 Å². The Labute approximate surface area is 264 Å². The number of hydrogen-bond donors (Lipinski definition) is 1. The van der Waals surface area contributed by atoms with Gasteiger partial charge in [-0.05, 0) is 28.2 Å². The summed E-state index contributed by atoms with van der Waals surface area (Å²) in [7, 11) is 1.19. The van der Waals surface area contributed by atoms with Crippen LogP contribution >= 0.6 is 46.7 Å². The number of hydrogen-bond acceptors (Lipinski definition) is 12. The van der Waals surface area contributed by atoms with Crippen LogP contribution in [0.4, 0.5) is 0 Å². The molecule has 11 nitrogen and oxygen atoms in total. The number of fused-ring (bicyclic) bond motifs is 1. The Bertz CT molecular complexity index is 1520. The smallest absolute Gasteiger partial charge is 0.356 e. The molecule has 1 N–H and O–H groups in total. The Morgan fingerprint density at radius 3 is 2.40 bits per heavy atom. The van der Waals surface area contributed by atoms with Crippen LogP contribution in [-0.4, -0.2) is 79.7 Å². The summed E-state index contributed by atoms with van der Waals surface area (Å²) in [6, 6.07) is 17.7. The zero-order valence-electron chi connectivity index (χ0n) is 22.5. The summed E-state index contributed by atoms with van der Waals surface area (Å²) < 4.78 is 10.9. The minimum absolute atomic E-state index is 0.128. The molecule has 0 radical (unpaired) electrons. The fourth-order valence-electron chi connectivity index (χ4n) is 4.49. The number of alkyl halides is 1. The molecule has 3 heterocycles. The average Bonchev–Trinajstić information content (AvgIpc) is 3.57. The van der Waals surface area contributed by atoms with Crippen molar-refractivity contribution in [2.45, 2.75) is 21.7 Å². The maximum Gasteiger partial charge on any atom is 0.356 e. The molecule has 222 valence electrons. The van der Waals surface area contributed by atoms with Crippen LogP contribution in [-0.2, 0) is 28.8 Å². The lowest BCUT2D eigenvalue weighted by Crippen LogP contribution is -2.71. The molecule has 0 bridgehead atoms. The van der Waals surface area contributed by atoms with Gasteiger partial charge in [0.1, 0.15) is 28.4 Å². The maximum absolute atomic E-state index is 14.0. The van der Waals surface area contributed by atoms with E-state index in [2.05, 4.69) is 24.9 Å². The third kappa shape index (κ3) is 6.77. The number of rotatable bonds is 12. The Balaban J connectivity index is 1.43. The van der Waals surface area contributed by atoms with Gasteiger partial charge >= 0.3 is 5.97 Å². The molecule has 0 spiro atoms. The highest BCUT2D eigenvalue weighted by Crippen LogP contribution is 2.43. The van der Waals surface area contributed by atoms with Crippen molar-refractivity contribution in [1.29, 1.82) is 0 Å². The number of ketones is 1. The molecule has 2 atom stereocenters. The first-order valence-electron chi connectivity index (χ1n) is 12.8. The van der Waals surface area contributed by atoms with Crippen LogP contribution in [0.15, 0.2) is 87.5 Å². The molecule has 0 saturated carbocycles. The van der Waals surface area contributed by atoms with Gasteiger partial charge < -0.3 is 14.9 Å². The minimum atomic E-state index is -1.01. The van der Waals surface area contributed by atoms with Gasteiger partial charge in [-0.1, -0.05) is 70.3 Å². The van der Waals surface area contributed by atoms with Crippen LogP contribution in [0.3, 0.4) is 0 Å². The SMILES string of the molecule is CO/N=C(\C(=O)CCl)C(=O)N[C@@H]1C(=O)N2C(C(=O)OC(c3ccccc3)c3ccccc3)=C(CSc3cnns3)CS[C@H]12. The Kier molecular flexibility index (Phi) is 10.1. The monoisotopic (exact) mass is 657 g/mol. The van der Waals surface area contributed by atoms with Crippen molar-refractivity contribution in [3.05, 3.63) is 89.3 Å². The highest BCUT2D eigenvalue weighted by atomic mass is 35.5. The molecule has 1 saturated heterocycles. The van der Waals surface area contributed by atoms with Gasteiger partial charge in [0.05, 0.1) is 12.1 Å². The number of carbonyl (C=O) groups excluding carboxylic acids is 4. The van der Waals surface area contributed by atoms with Crippen LogP contribution in [0.25, 0.3) is 0 Å². The molecule has 15 heteroatoms. The highest BCUT2D eigenvalue weighted by molar-refractivity contribution is 8.01. The van der Waals surface area contributed by atoms with E-state index in [1.165, 1.54) is 47.1 Å². The van der Waals surface area contributed by atoms with Gasteiger partial charge in [0.25, 0.3) is 11.8 Å². The quantitative estimate of drug-likeness (QED) is 0.0586.